The van der Waals surface area contributed by atoms with Gasteiger partial charge in [0, 0.05) is 51.0 Å². The fourth-order valence-corrected chi connectivity index (χ4v) is 4.27. The van der Waals surface area contributed by atoms with Gasteiger partial charge in [0.15, 0.2) is 0 Å². The summed E-state index contributed by atoms with van der Waals surface area (Å²) >= 11 is 0. The Bertz CT molecular complexity index is 547. The average Bonchev–Trinajstić information content (AvgIpc) is 3.29. The molecule has 1 aromatic rings. The van der Waals surface area contributed by atoms with E-state index in [1.165, 1.54) is 18.4 Å². The van der Waals surface area contributed by atoms with Crippen molar-refractivity contribution in [2.75, 3.05) is 39.3 Å². The number of hydrogen-bond donors (Lipinski definition) is 1. The topological polar surface area (TPSA) is 48.5 Å². The normalized spacial score (nSPS) is 27.1. The summed E-state index contributed by atoms with van der Waals surface area (Å²) in [6, 6.07) is 4.11. The number of nitrogens with one attached hydrogen (secondary N) is 1. The van der Waals surface area contributed by atoms with Gasteiger partial charge in [0.25, 0.3) is 0 Å². The van der Waals surface area contributed by atoms with Crippen molar-refractivity contribution in [3.8, 4) is 0 Å². The molecule has 1 amide bonds. The van der Waals surface area contributed by atoms with Crippen LogP contribution >= 0.6 is 0 Å². The highest BCUT2D eigenvalue weighted by atomic mass is 16.2. The maximum absolute atomic E-state index is 12.8. The number of pyridine rings is 1. The van der Waals surface area contributed by atoms with E-state index in [0.717, 1.165) is 52.2 Å². The molecule has 1 atom stereocenters. The Hall–Kier alpha value is -1.46. The Morgan fingerprint density at radius 1 is 1.26 bits per heavy atom. The van der Waals surface area contributed by atoms with E-state index < -0.39 is 0 Å². The summed E-state index contributed by atoms with van der Waals surface area (Å²) in [5.41, 5.74) is 1.61. The van der Waals surface area contributed by atoms with Crippen LogP contribution in [0.5, 0.6) is 0 Å². The van der Waals surface area contributed by atoms with E-state index in [1.54, 1.807) is 0 Å². The van der Waals surface area contributed by atoms with Crippen LogP contribution in [-0.4, -0.2) is 60.0 Å². The molecule has 1 aromatic heterocycles. The fraction of sp³-hybridized carbons (Fsp3) is 0.667. The van der Waals surface area contributed by atoms with Crippen LogP contribution in [0, 0.1) is 11.3 Å². The molecule has 3 heterocycles. The highest BCUT2D eigenvalue weighted by molar-refractivity contribution is 5.82. The molecule has 1 aliphatic carbocycles. The van der Waals surface area contributed by atoms with Crippen molar-refractivity contribution in [3.63, 3.8) is 0 Å². The maximum atomic E-state index is 12.8. The highest BCUT2D eigenvalue weighted by Crippen LogP contribution is 2.59. The van der Waals surface area contributed by atoms with Crippen molar-refractivity contribution in [2.45, 2.75) is 25.8 Å². The summed E-state index contributed by atoms with van der Waals surface area (Å²) in [7, 11) is 0. The number of hydrogen-bond acceptors (Lipinski definition) is 4. The zero-order valence-corrected chi connectivity index (χ0v) is 13.7. The number of piperidine rings is 1. The van der Waals surface area contributed by atoms with Crippen LogP contribution < -0.4 is 5.32 Å². The van der Waals surface area contributed by atoms with E-state index in [0.29, 0.717) is 17.2 Å². The highest BCUT2D eigenvalue weighted by Gasteiger charge is 2.58. The summed E-state index contributed by atoms with van der Waals surface area (Å²) in [6.07, 6.45) is 7.24. The van der Waals surface area contributed by atoms with E-state index >= 15 is 0 Å². The molecule has 1 unspecified atom stereocenters. The molecule has 2 aliphatic heterocycles. The van der Waals surface area contributed by atoms with Gasteiger partial charge in [-0.25, -0.2) is 0 Å². The molecule has 23 heavy (non-hydrogen) atoms. The lowest BCUT2D eigenvalue weighted by Gasteiger charge is -2.35. The Morgan fingerprint density at radius 3 is 2.74 bits per heavy atom. The number of rotatable bonds is 3. The zero-order chi connectivity index (χ0) is 15.7. The van der Waals surface area contributed by atoms with Crippen LogP contribution in [0.25, 0.3) is 0 Å². The van der Waals surface area contributed by atoms with E-state index in [-0.39, 0.29) is 0 Å². The molecule has 4 rings (SSSR count). The van der Waals surface area contributed by atoms with Gasteiger partial charge in [0.05, 0.1) is 0 Å². The zero-order valence-electron chi connectivity index (χ0n) is 13.7. The average molecular weight is 314 g/mol. The minimum Gasteiger partial charge on any atom is -0.340 e. The van der Waals surface area contributed by atoms with Gasteiger partial charge in [0.2, 0.25) is 5.91 Å². The largest absolute Gasteiger partial charge is 0.340 e. The molecule has 1 saturated carbocycles. The Labute approximate surface area is 138 Å². The molecular weight excluding hydrogens is 288 g/mol. The molecule has 3 fully saturated rings. The van der Waals surface area contributed by atoms with Gasteiger partial charge in [-0.05, 0) is 49.4 Å². The second kappa shape index (κ2) is 6.21. The number of piperazine rings is 1. The second-order valence-electron chi connectivity index (χ2n) is 7.33. The third-order valence-electron chi connectivity index (χ3n) is 5.90. The molecule has 0 bridgehead atoms. The Kier molecular flexibility index (Phi) is 4.07. The molecule has 5 heteroatoms. The minimum absolute atomic E-state index is 0.314. The SMILES string of the molecule is O=C(C1CC12CCNCC2)N1CCN(Cc2cccnc2)CC1. The van der Waals surface area contributed by atoms with Crippen LogP contribution in [0.1, 0.15) is 24.8 Å². The molecule has 1 spiro atoms. The van der Waals surface area contributed by atoms with Crippen LogP contribution in [0.2, 0.25) is 0 Å². The van der Waals surface area contributed by atoms with Crippen LogP contribution in [0.15, 0.2) is 24.5 Å². The van der Waals surface area contributed by atoms with Crippen LogP contribution in [-0.2, 0) is 11.3 Å². The summed E-state index contributed by atoms with van der Waals surface area (Å²) in [6.45, 7) is 6.82. The summed E-state index contributed by atoms with van der Waals surface area (Å²) in [4.78, 5) is 21.5. The molecular formula is C18H26N4O. The van der Waals surface area contributed by atoms with Gasteiger partial charge < -0.3 is 10.2 Å². The van der Waals surface area contributed by atoms with Gasteiger partial charge in [0.1, 0.15) is 0 Å². The van der Waals surface area contributed by atoms with Gasteiger partial charge in [-0.1, -0.05) is 6.07 Å². The van der Waals surface area contributed by atoms with Gasteiger partial charge >= 0.3 is 0 Å². The monoisotopic (exact) mass is 314 g/mol. The van der Waals surface area contributed by atoms with E-state index in [4.69, 9.17) is 0 Å². The van der Waals surface area contributed by atoms with Crippen molar-refractivity contribution >= 4 is 5.91 Å². The molecule has 2 saturated heterocycles. The minimum atomic E-state index is 0.314. The number of aromatic nitrogens is 1. The molecule has 3 aliphatic rings. The lowest BCUT2D eigenvalue weighted by atomic mass is 9.91. The first-order valence-corrected chi connectivity index (χ1v) is 8.88. The van der Waals surface area contributed by atoms with E-state index in [9.17, 15) is 4.79 Å². The van der Waals surface area contributed by atoms with Gasteiger partial charge in [-0.2, -0.15) is 0 Å². The number of amides is 1. The first kappa shape index (κ1) is 15.1. The first-order valence-electron chi connectivity index (χ1n) is 8.88. The number of nitrogens with zero attached hydrogens (tertiary/aromatic N) is 3. The molecule has 1 N–H and O–H groups in total. The molecule has 0 aromatic carbocycles. The van der Waals surface area contributed by atoms with E-state index in [1.807, 2.05) is 18.5 Å². The maximum Gasteiger partial charge on any atom is 0.226 e. The third kappa shape index (κ3) is 3.12. The smallest absolute Gasteiger partial charge is 0.226 e. The summed E-state index contributed by atoms with van der Waals surface area (Å²) < 4.78 is 0. The summed E-state index contributed by atoms with van der Waals surface area (Å²) in [5, 5.41) is 3.41. The number of carbonyl (C=O) groups is 1. The molecule has 5 nitrogen and oxygen atoms in total. The Morgan fingerprint density at radius 2 is 2.04 bits per heavy atom. The lowest BCUT2D eigenvalue weighted by molar-refractivity contribution is -0.135. The van der Waals surface area contributed by atoms with Crippen molar-refractivity contribution in [1.29, 1.82) is 0 Å². The number of carbonyl (C=O) groups excluding carboxylic acids is 1. The van der Waals surface area contributed by atoms with Gasteiger partial charge in [-0.15, -0.1) is 0 Å². The summed E-state index contributed by atoms with van der Waals surface area (Å²) in [5.74, 6) is 0.738. The van der Waals surface area contributed by atoms with Crippen molar-refractivity contribution in [1.82, 2.24) is 20.1 Å². The first-order chi connectivity index (χ1) is 11.3. The lowest BCUT2D eigenvalue weighted by Crippen LogP contribution is -2.49. The predicted molar refractivity (Wildman–Crippen MR) is 88.7 cm³/mol. The quantitative estimate of drug-likeness (QED) is 0.908. The third-order valence-corrected chi connectivity index (χ3v) is 5.90. The second-order valence-corrected chi connectivity index (χ2v) is 7.33. The standard InChI is InChI=1S/C18H26N4O/c23-17(16-12-18(16)3-6-19-7-4-18)22-10-8-21(9-11-22)14-15-2-1-5-20-13-15/h1-2,5,13,16,19H,3-4,6-12,14H2. The van der Waals surface area contributed by atoms with Crippen molar-refractivity contribution in [3.05, 3.63) is 30.1 Å². The Balaban J connectivity index is 1.27. The van der Waals surface area contributed by atoms with Gasteiger partial charge in [-0.3, -0.25) is 14.7 Å². The molecule has 0 radical (unpaired) electrons. The van der Waals surface area contributed by atoms with Crippen molar-refractivity contribution < 1.29 is 4.79 Å². The fourth-order valence-electron chi connectivity index (χ4n) is 4.27. The molecule has 124 valence electrons. The van der Waals surface area contributed by atoms with Crippen LogP contribution in [0.4, 0.5) is 0 Å². The predicted octanol–water partition coefficient (Wildman–Crippen LogP) is 1.12. The van der Waals surface area contributed by atoms with Crippen LogP contribution in [0.3, 0.4) is 0 Å². The van der Waals surface area contributed by atoms with E-state index in [2.05, 4.69) is 26.2 Å². The van der Waals surface area contributed by atoms with Crippen molar-refractivity contribution in [2.24, 2.45) is 11.3 Å².